The fourth-order valence-corrected chi connectivity index (χ4v) is 5.54. The van der Waals surface area contributed by atoms with Gasteiger partial charge in [-0.15, -0.1) is 6.58 Å². The summed E-state index contributed by atoms with van der Waals surface area (Å²) in [6.07, 6.45) is 1.53. The van der Waals surface area contributed by atoms with Gasteiger partial charge in [0, 0.05) is 34.8 Å². The van der Waals surface area contributed by atoms with Crippen molar-refractivity contribution in [2.24, 2.45) is 0 Å². The fraction of sp³-hybridized carbons (Fsp3) is 0.333. The number of nitrogens with zero attached hydrogens (tertiary/aromatic N) is 1. The molecule has 0 bridgehead atoms. The van der Waals surface area contributed by atoms with Gasteiger partial charge < -0.3 is 10.5 Å². The van der Waals surface area contributed by atoms with Gasteiger partial charge in [-0.1, -0.05) is 6.08 Å². The first-order chi connectivity index (χ1) is 9.34. The third-order valence-corrected chi connectivity index (χ3v) is 6.24. The number of ether oxygens (including phenoxy) is 1. The van der Waals surface area contributed by atoms with Gasteiger partial charge >= 0.3 is 0 Å². The number of methoxy groups -OCH3 is 1. The number of hydrogen-bond acceptors (Lipinski definition) is 4. The van der Waals surface area contributed by atoms with Gasteiger partial charge in [0.1, 0.15) is 4.90 Å². The van der Waals surface area contributed by atoms with Gasteiger partial charge in [0.15, 0.2) is 0 Å². The van der Waals surface area contributed by atoms with E-state index in [9.17, 15) is 8.42 Å². The lowest BCUT2D eigenvalue weighted by molar-refractivity contribution is 0.182. The summed E-state index contributed by atoms with van der Waals surface area (Å²) in [7, 11) is -2.16. The summed E-state index contributed by atoms with van der Waals surface area (Å²) in [6.45, 7) is 4.33. The molecule has 1 aromatic carbocycles. The van der Waals surface area contributed by atoms with Gasteiger partial charge in [-0.2, -0.15) is 4.31 Å². The van der Waals surface area contributed by atoms with E-state index in [1.165, 1.54) is 17.5 Å². The van der Waals surface area contributed by atoms with E-state index >= 15 is 0 Å². The second-order valence-corrected chi connectivity index (χ2v) is 7.54. The van der Waals surface area contributed by atoms with Crippen LogP contribution in [0.1, 0.15) is 0 Å². The van der Waals surface area contributed by atoms with Crippen LogP contribution in [0.3, 0.4) is 0 Å². The van der Waals surface area contributed by atoms with Crippen LogP contribution in [0.2, 0.25) is 0 Å². The molecule has 0 atom stereocenters. The molecule has 20 heavy (non-hydrogen) atoms. The average molecular weight is 428 g/mol. The molecule has 1 rings (SSSR count). The molecule has 0 heterocycles. The van der Waals surface area contributed by atoms with Gasteiger partial charge in [-0.05, 0) is 44.0 Å². The Labute approximate surface area is 136 Å². The van der Waals surface area contributed by atoms with Gasteiger partial charge in [-0.3, -0.25) is 0 Å². The molecule has 0 saturated heterocycles. The second-order valence-electron chi connectivity index (χ2n) is 3.96. The first-order valence-electron chi connectivity index (χ1n) is 5.69. The van der Waals surface area contributed by atoms with E-state index < -0.39 is 10.0 Å². The zero-order valence-electron chi connectivity index (χ0n) is 11.0. The Morgan fingerprint density at radius 1 is 1.40 bits per heavy atom. The van der Waals surface area contributed by atoms with E-state index in [0.717, 1.165) is 0 Å². The Morgan fingerprint density at radius 3 is 2.40 bits per heavy atom. The van der Waals surface area contributed by atoms with Crippen LogP contribution in [0.4, 0.5) is 5.69 Å². The first-order valence-corrected chi connectivity index (χ1v) is 8.71. The van der Waals surface area contributed by atoms with Crippen LogP contribution in [-0.4, -0.2) is 39.5 Å². The maximum absolute atomic E-state index is 12.7. The van der Waals surface area contributed by atoms with Crippen LogP contribution in [0, 0.1) is 0 Å². The molecule has 112 valence electrons. The predicted octanol–water partition coefficient (Wildman–Crippen LogP) is 2.62. The molecule has 8 heteroatoms. The smallest absolute Gasteiger partial charge is 0.245 e. The zero-order chi connectivity index (χ0) is 15.3. The molecule has 0 saturated carbocycles. The van der Waals surface area contributed by atoms with E-state index in [1.807, 2.05) is 0 Å². The second kappa shape index (κ2) is 7.56. The lowest BCUT2D eigenvalue weighted by Gasteiger charge is -2.22. The number of anilines is 1. The molecular weight excluding hydrogens is 412 g/mol. The third-order valence-electron chi connectivity index (χ3n) is 2.50. The van der Waals surface area contributed by atoms with E-state index in [1.54, 1.807) is 12.1 Å². The number of halogens is 2. The number of rotatable bonds is 7. The van der Waals surface area contributed by atoms with Crippen molar-refractivity contribution in [1.82, 2.24) is 4.31 Å². The Hall–Kier alpha value is -0.410. The molecule has 0 aromatic heterocycles. The summed E-state index contributed by atoms with van der Waals surface area (Å²) in [6, 6.07) is 3.11. The fourth-order valence-electron chi connectivity index (χ4n) is 1.60. The minimum atomic E-state index is -3.68. The molecule has 2 N–H and O–H groups in total. The van der Waals surface area contributed by atoms with Crippen LogP contribution >= 0.6 is 31.9 Å². The Balaban J connectivity index is 3.29. The van der Waals surface area contributed by atoms with Crippen molar-refractivity contribution in [3.05, 3.63) is 33.7 Å². The van der Waals surface area contributed by atoms with E-state index in [4.69, 9.17) is 10.5 Å². The quantitative estimate of drug-likeness (QED) is 0.536. The standard InChI is InChI=1S/C12H16Br2N2O3S/c1-3-4-16(5-6-19-2)20(17,18)12-10(13)7-9(15)8-11(12)14/h3,7-8H,1,4-6,15H2,2H3. The highest BCUT2D eigenvalue weighted by Gasteiger charge is 2.28. The molecule has 5 nitrogen and oxygen atoms in total. The van der Waals surface area contributed by atoms with E-state index in [-0.39, 0.29) is 18.0 Å². The first kappa shape index (κ1) is 17.6. The van der Waals surface area contributed by atoms with Crippen LogP contribution in [0.25, 0.3) is 0 Å². The Morgan fingerprint density at radius 2 is 1.95 bits per heavy atom. The molecule has 0 aliphatic rings. The number of hydrogen-bond donors (Lipinski definition) is 1. The van der Waals surface area contributed by atoms with E-state index in [0.29, 0.717) is 21.2 Å². The molecule has 0 aliphatic heterocycles. The van der Waals surface area contributed by atoms with Crippen LogP contribution in [-0.2, 0) is 14.8 Å². The molecule has 0 unspecified atom stereocenters. The molecule has 0 fully saturated rings. The van der Waals surface area contributed by atoms with Crippen LogP contribution in [0.5, 0.6) is 0 Å². The minimum absolute atomic E-state index is 0.143. The minimum Gasteiger partial charge on any atom is -0.399 e. The maximum Gasteiger partial charge on any atom is 0.245 e. The summed E-state index contributed by atoms with van der Waals surface area (Å²) in [5, 5.41) is 0. The largest absolute Gasteiger partial charge is 0.399 e. The van der Waals surface area contributed by atoms with Gasteiger partial charge in [0.2, 0.25) is 10.0 Å². The highest BCUT2D eigenvalue weighted by molar-refractivity contribution is 9.11. The molecule has 1 aromatic rings. The Bertz CT molecular complexity index is 567. The van der Waals surface area contributed by atoms with Crippen molar-refractivity contribution in [3.8, 4) is 0 Å². The maximum atomic E-state index is 12.7. The molecule has 0 radical (unpaired) electrons. The average Bonchev–Trinajstić information content (AvgIpc) is 2.32. The van der Waals surface area contributed by atoms with Crippen molar-refractivity contribution in [1.29, 1.82) is 0 Å². The molecular formula is C12H16Br2N2O3S. The van der Waals surface area contributed by atoms with Crippen molar-refractivity contribution < 1.29 is 13.2 Å². The Kier molecular flexibility index (Phi) is 6.67. The van der Waals surface area contributed by atoms with E-state index in [2.05, 4.69) is 38.4 Å². The van der Waals surface area contributed by atoms with Crippen molar-refractivity contribution in [2.75, 3.05) is 32.5 Å². The monoisotopic (exact) mass is 426 g/mol. The van der Waals surface area contributed by atoms with Crippen molar-refractivity contribution >= 4 is 47.6 Å². The third kappa shape index (κ3) is 4.05. The summed E-state index contributed by atoms with van der Waals surface area (Å²) in [4.78, 5) is 0.143. The lowest BCUT2D eigenvalue weighted by Crippen LogP contribution is -2.34. The summed E-state index contributed by atoms with van der Waals surface area (Å²) >= 11 is 6.50. The molecule has 0 amide bonds. The molecule has 0 aliphatic carbocycles. The van der Waals surface area contributed by atoms with Crippen LogP contribution < -0.4 is 5.73 Å². The van der Waals surface area contributed by atoms with Gasteiger partial charge in [0.05, 0.1) is 6.61 Å². The zero-order valence-corrected chi connectivity index (χ0v) is 15.0. The number of nitrogens with two attached hydrogens (primary N) is 1. The normalized spacial score (nSPS) is 11.8. The summed E-state index contributed by atoms with van der Waals surface area (Å²) < 4.78 is 32.5. The topological polar surface area (TPSA) is 72.6 Å². The van der Waals surface area contributed by atoms with Crippen molar-refractivity contribution in [3.63, 3.8) is 0 Å². The number of nitrogen functional groups attached to an aromatic ring is 1. The molecule has 0 spiro atoms. The highest BCUT2D eigenvalue weighted by atomic mass is 79.9. The predicted molar refractivity (Wildman–Crippen MR) is 87.1 cm³/mol. The van der Waals surface area contributed by atoms with Crippen molar-refractivity contribution in [2.45, 2.75) is 4.90 Å². The summed E-state index contributed by atoms with van der Waals surface area (Å²) in [5.74, 6) is 0. The van der Waals surface area contributed by atoms with Gasteiger partial charge in [0.25, 0.3) is 0 Å². The lowest BCUT2D eigenvalue weighted by atomic mass is 10.3. The highest BCUT2D eigenvalue weighted by Crippen LogP contribution is 2.34. The van der Waals surface area contributed by atoms with Crippen LogP contribution in [0.15, 0.2) is 38.6 Å². The van der Waals surface area contributed by atoms with Gasteiger partial charge in [-0.25, -0.2) is 8.42 Å². The SMILES string of the molecule is C=CCN(CCOC)S(=O)(=O)c1c(Br)cc(N)cc1Br. The summed E-state index contributed by atoms with van der Waals surface area (Å²) in [5.41, 5.74) is 6.15. The number of benzene rings is 1. The number of sulfonamides is 1.